The minimum Gasteiger partial charge on any atom is -0.479 e. The van der Waals surface area contributed by atoms with E-state index in [1.807, 2.05) is 6.07 Å². The third-order valence-electron chi connectivity index (χ3n) is 5.24. The maximum absolute atomic E-state index is 12.3. The summed E-state index contributed by atoms with van der Waals surface area (Å²) in [6, 6.07) is 6.54. The fraction of sp³-hybridized carbons (Fsp3) is 0.556. The van der Waals surface area contributed by atoms with Gasteiger partial charge in [0.25, 0.3) is 5.91 Å². The summed E-state index contributed by atoms with van der Waals surface area (Å²) >= 11 is 0. The van der Waals surface area contributed by atoms with E-state index < -0.39 is 6.10 Å². The van der Waals surface area contributed by atoms with E-state index in [0.717, 1.165) is 12.8 Å². The van der Waals surface area contributed by atoms with Gasteiger partial charge in [-0.1, -0.05) is 0 Å². The monoisotopic (exact) mass is 329 g/mol. The van der Waals surface area contributed by atoms with Crippen LogP contribution in [0.2, 0.25) is 0 Å². The van der Waals surface area contributed by atoms with Crippen LogP contribution in [0.3, 0.4) is 0 Å². The fourth-order valence-corrected chi connectivity index (χ4v) is 4.10. The molecule has 2 bridgehead atoms. The van der Waals surface area contributed by atoms with Crippen molar-refractivity contribution >= 4 is 23.2 Å². The largest absolute Gasteiger partial charge is 0.479 e. The molecule has 3 N–H and O–H groups in total. The molecule has 3 aliphatic heterocycles. The second-order valence-corrected chi connectivity index (χ2v) is 7.19. The fourth-order valence-electron chi connectivity index (χ4n) is 4.10. The Bertz CT molecular complexity index is 663. The Morgan fingerprint density at radius 3 is 2.79 bits per heavy atom. The number of carbonyl (C=O) groups is 2. The van der Waals surface area contributed by atoms with E-state index in [9.17, 15) is 9.59 Å². The van der Waals surface area contributed by atoms with Crippen LogP contribution in [0.25, 0.3) is 0 Å². The van der Waals surface area contributed by atoms with Crippen molar-refractivity contribution in [3.05, 3.63) is 18.2 Å². The Hall–Kier alpha value is -2.08. The molecule has 0 spiro atoms. The summed E-state index contributed by atoms with van der Waals surface area (Å²) in [6.45, 7) is 1.71. The normalized spacial score (nSPS) is 31.0. The Labute approximate surface area is 141 Å². The number of fused-ring (bicyclic) bond motifs is 3. The minimum absolute atomic E-state index is 0.0395. The van der Waals surface area contributed by atoms with Gasteiger partial charge in [0.1, 0.15) is 5.75 Å². The van der Waals surface area contributed by atoms with Crippen molar-refractivity contribution in [1.29, 1.82) is 0 Å². The molecule has 0 aromatic heterocycles. The SMILES string of the molecule is CC1Oc2ccc(NC(=O)CC3CC4CCC(C3)N4)cc2NC1=O. The van der Waals surface area contributed by atoms with Crippen LogP contribution in [0.15, 0.2) is 18.2 Å². The number of piperidine rings is 1. The summed E-state index contributed by atoms with van der Waals surface area (Å²) in [4.78, 5) is 24.0. The maximum Gasteiger partial charge on any atom is 0.265 e. The van der Waals surface area contributed by atoms with Crippen molar-refractivity contribution in [1.82, 2.24) is 5.32 Å². The molecule has 2 amide bonds. The van der Waals surface area contributed by atoms with E-state index in [-0.39, 0.29) is 11.8 Å². The average Bonchev–Trinajstić information content (AvgIpc) is 2.87. The first-order valence-electron chi connectivity index (χ1n) is 8.74. The first kappa shape index (κ1) is 15.4. The number of ether oxygens (including phenoxy) is 1. The molecule has 1 aromatic rings. The zero-order valence-electron chi connectivity index (χ0n) is 13.8. The van der Waals surface area contributed by atoms with Crippen LogP contribution in [-0.4, -0.2) is 30.0 Å². The van der Waals surface area contributed by atoms with E-state index >= 15 is 0 Å². The lowest BCUT2D eigenvalue weighted by Gasteiger charge is -2.28. The third kappa shape index (κ3) is 3.11. The summed E-state index contributed by atoms with van der Waals surface area (Å²) in [5.41, 5.74) is 1.30. The summed E-state index contributed by atoms with van der Waals surface area (Å²) in [6.07, 6.45) is 4.74. The molecule has 2 fully saturated rings. The standard InChI is InChI=1S/C18H23N3O3/c1-10-18(23)21-15-9-14(4-5-16(15)24-10)20-17(22)8-11-6-12-2-3-13(7-11)19-12/h4-5,9-13,19H,2-3,6-8H2,1H3,(H,20,22)(H,21,23). The Morgan fingerprint density at radius 1 is 1.29 bits per heavy atom. The lowest BCUT2D eigenvalue weighted by molar-refractivity contribution is -0.122. The molecule has 3 heterocycles. The van der Waals surface area contributed by atoms with Gasteiger partial charge in [-0.2, -0.15) is 0 Å². The van der Waals surface area contributed by atoms with E-state index in [4.69, 9.17) is 4.74 Å². The number of carbonyl (C=O) groups excluding carboxylic acids is 2. The van der Waals surface area contributed by atoms with Gasteiger partial charge in [0.2, 0.25) is 5.91 Å². The Balaban J connectivity index is 1.38. The summed E-state index contributed by atoms with van der Waals surface area (Å²) < 4.78 is 5.52. The number of rotatable bonds is 3. The topological polar surface area (TPSA) is 79.5 Å². The molecule has 1 aromatic carbocycles. The number of hydrogen-bond acceptors (Lipinski definition) is 4. The van der Waals surface area contributed by atoms with Gasteiger partial charge in [-0.15, -0.1) is 0 Å². The van der Waals surface area contributed by atoms with Crippen molar-refractivity contribution < 1.29 is 14.3 Å². The second-order valence-electron chi connectivity index (χ2n) is 7.19. The molecule has 0 aliphatic carbocycles. The van der Waals surface area contributed by atoms with Crippen LogP contribution in [0.4, 0.5) is 11.4 Å². The smallest absolute Gasteiger partial charge is 0.265 e. The minimum atomic E-state index is -0.492. The maximum atomic E-state index is 12.3. The van der Waals surface area contributed by atoms with Crippen molar-refractivity contribution in [2.75, 3.05) is 10.6 Å². The van der Waals surface area contributed by atoms with Gasteiger partial charge in [0, 0.05) is 24.2 Å². The quantitative estimate of drug-likeness (QED) is 0.795. The molecule has 3 aliphatic rings. The predicted molar refractivity (Wildman–Crippen MR) is 91.1 cm³/mol. The van der Waals surface area contributed by atoms with Crippen LogP contribution in [-0.2, 0) is 9.59 Å². The van der Waals surface area contributed by atoms with E-state index in [1.165, 1.54) is 12.8 Å². The molecule has 6 heteroatoms. The lowest BCUT2D eigenvalue weighted by atomic mass is 9.89. The molecule has 4 rings (SSSR count). The molecule has 0 saturated carbocycles. The zero-order chi connectivity index (χ0) is 16.7. The molecule has 0 radical (unpaired) electrons. The highest BCUT2D eigenvalue weighted by Gasteiger charge is 2.34. The molecule has 3 atom stereocenters. The third-order valence-corrected chi connectivity index (χ3v) is 5.24. The van der Waals surface area contributed by atoms with Crippen LogP contribution >= 0.6 is 0 Å². The molecule has 128 valence electrons. The molecule has 3 unspecified atom stereocenters. The van der Waals surface area contributed by atoms with Gasteiger partial charge in [-0.05, 0) is 56.7 Å². The highest BCUT2D eigenvalue weighted by molar-refractivity contribution is 5.99. The van der Waals surface area contributed by atoms with Gasteiger partial charge >= 0.3 is 0 Å². The van der Waals surface area contributed by atoms with Gasteiger partial charge in [0.05, 0.1) is 5.69 Å². The van der Waals surface area contributed by atoms with Crippen LogP contribution < -0.4 is 20.7 Å². The van der Waals surface area contributed by atoms with E-state index in [2.05, 4.69) is 16.0 Å². The molecule has 24 heavy (non-hydrogen) atoms. The zero-order valence-corrected chi connectivity index (χ0v) is 13.8. The van der Waals surface area contributed by atoms with Gasteiger partial charge in [-0.25, -0.2) is 0 Å². The van der Waals surface area contributed by atoms with Crippen molar-refractivity contribution in [3.63, 3.8) is 0 Å². The molecular weight excluding hydrogens is 306 g/mol. The first-order chi connectivity index (χ1) is 11.6. The van der Waals surface area contributed by atoms with Gasteiger partial charge in [-0.3, -0.25) is 9.59 Å². The Morgan fingerprint density at radius 2 is 2.04 bits per heavy atom. The predicted octanol–water partition coefficient (Wildman–Crippen LogP) is 2.27. The number of benzene rings is 1. The van der Waals surface area contributed by atoms with Crippen LogP contribution in [0.1, 0.15) is 39.0 Å². The summed E-state index contributed by atoms with van der Waals surface area (Å²) in [5.74, 6) is 0.967. The molecule has 6 nitrogen and oxygen atoms in total. The highest BCUT2D eigenvalue weighted by atomic mass is 16.5. The first-order valence-corrected chi connectivity index (χ1v) is 8.74. The molecular formula is C18H23N3O3. The summed E-state index contributed by atoms with van der Waals surface area (Å²) in [7, 11) is 0. The summed E-state index contributed by atoms with van der Waals surface area (Å²) in [5, 5.41) is 9.35. The van der Waals surface area contributed by atoms with Gasteiger partial charge in [0.15, 0.2) is 6.10 Å². The van der Waals surface area contributed by atoms with Gasteiger partial charge < -0.3 is 20.7 Å². The van der Waals surface area contributed by atoms with Crippen LogP contribution in [0.5, 0.6) is 5.75 Å². The van der Waals surface area contributed by atoms with Crippen LogP contribution in [0, 0.1) is 5.92 Å². The number of anilines is 2. The van der Waals surface area contributed by atoms with E-state index in [1.54, 1.807) is 19.1 Å². The Kier molecular flexibility index (Phi) is 3.92. The number of amides is 2. The average molecular weight is 329 g/mol. The highest BCUT2D eigenvalue weighted by Crippen LogP contribution is 2.34. The van der Waals surface area contributed by atoms with E-state index in [0.29, 0.717) is 41.5 Å². The van der Waals surface area contributed by atoms with Crippen molar-refractivity contribution in [2.45, 2.75) is 57.2 Å². The number of nitrogens with one attached hydrogen (secondary N) is 3. The van der Waals surface area contributed by atoms with Crippen molar-refractivity contribution in [2.24, 2.45) is 5.92 Å². The van der Waals surface area contributed by atoms with Crippen molar-refractivity contribution in [3.8, 4) is 5.75 Å². The lowest BCUT2D eigenvalue weighted by Crippen LogP contribution is -2.39. The second kappa shape index (κ2) is 6.09. The molecule has 2 saturated heterocycles. The number of hydrogen-bond donors (Lipinski definition) is 3.